The average Bonchev–Trinajstić information content (AvgIpc) is 2.65. The number of para-hydroxylation sites is 1. The highest BCUT2D eigenvalue weighted by molar-refractivity contribution is 5.60. The third kappa shape index (κ3) is 4.47. The molecule has 6 heteroatoms. The van der Waals surface area contributed by atoms with Crippen LogP contribution in [0.5, 0.6) is 5.75 Å². The predicted octanol–water partition coefficient (Wildman–Crippen LogP) is 3.90. The van der Waals surface area contributed by atoms with Crippen LogP contribution in [0.4, 0.5) is 17.5 Å². The summed E-state index contributed by atoms with van der Waals surface area (Å²) < 4.78 is 5.37. The second kappa shape index (κ2) is 8.29. The van der Waals surface area contributed by atoms with Crippen molar-refractivity contribution in [1.82, 2.24) is 15.2 Å². The van der Waals surface area contributed by atoms with Crippen LogP contribution in [0, 0.1) is 13.8 Å². The summed E-state index contributed by atoms with van der Waals surface area (Å²) in [6.45, 7) is 4.83. The molecule has 3 aromatic rings. The van der Waals surface area contributed by atoms with Crippen LogP contribution < -0.4 is 15.4 Å². The van der Waals surface area contributed by atoms with Gasteiger partial charge in [0, 0.05) is 12.2 Å². The molecule has 0 saturated carbocycles. The van der Waals surface area contributed by atoms with Crippen molar-refractivity contribution >= 4 is 17.5 Å². The summed E-state index contributed by atoms with van der Waals surface area (Å²) in [6, 6.07) is 14.2. The first kappa shape index (κ1) is 17.7. The van der Waals surface area contributed by atoms with Crippen LogP contribution in [0.15, 0.2) is 48.7 Å². The fourth-order valence-corrected chi connectivity index (χ4v) is 2.75. The lowest BCUT2D eigenvalue weighted by molar-refractivity contribution is 0.410. The van der Waals surface area contributed by atoms with Crippen molar-refractivity contribution in [2.45, 2.75) is 20.3 Å². The molecule has 0 fully saturated rings. The van der Waals surface area contributed by atoms with Gasteiger partial charge >= 0.3 is 0 Å². The quantitative estimate of drug-likeness (QED) is 0.674. The Kier molecular flexibility index (Phi) is 5.63. The maximum Gasteiger partial charge on any atom is 0.244 e. The van der Waals surface area contributed by atoms with Crippen LogP contribution in [0.3, 0.4) is 0 Å². The molecule has 0 saturated heterocycles. The van der Waals surface area contributed by atoms with E-state index in [0.717, 1.165) is 29.0 Å². The number of nitrogens with one attached hydrogen (secondary N) is 2. The SMILES string of the molecule is COc1ccccc1CCNc1nncc(Nc2ccc(C)cc2C)n1. The van der Waals surface area contributed by atoms with E-state index in [0.29, 0.717) is 18.3 Å². The molecule has 2 aromatic carbocycles. The van der Waals surface area contributed by atoms with E-state index in [1.807, 2.05) is 24.3 Å². The molecule has 6 nitrogen and oxygen atoms in total. The Bertz CT molecular complexity index is 882. The zero-order valence-electron chi connectivity index (χ0n) is 15.3. The van der Waals surface area contributed by atoms with E-state index < -0.39 is 0 Å². The Morgan fingerprint density at radius 2 is 1.92 bits per heavy atom. The number of rotatable bonds is 7. The molecule has 0 bridgehead atoms. The molecule has 0 unspecified atom stereocenters. The highest BCUT2D eigenvalue weighted by Crippen LogP contribution is 2.20. The molecule has 3 rings (SSSR count). The van der Waals surface area contributed by atoms with E-state index in [2.05, 4.69) is 57.9 Å². The van der Waals surface area contributed by atoms with Crippen molar-refractivity contribution in [2.75, 3.05) is 24.3 Å². The van der Waals surface area contributed by atoms with E-state index in [4.69, 9.17) is 4.74 Å². The van der Waals surface area contributed by atoms with Gasteiger partial charge in [-0.2, -0.15) is 10.1 Å². The van der Waals surface area contributed by atoms with Crippen molar-refractivity contribution in [1.29, 1.82) is 0 Å². The molecule has 0 aliphatic rings. The molecule has 1 heterocycles. The number of methoxy groups -OCH3 is 1. The summed E-state index contributed by atoms with van der Waals surface area (Å²) in [5.74, 6) is 2.04. The van der Waals surface area contributed by atoms with Crippen LogP contribution in [0.25, 0.3) is 0 Å². The second-order valence-corrected chi connectivity index (χ2v) is 6.10. The molecule has 26 heavy (non-hydrogen) atoms. The Morgan fingerprint density at radius 3 is 2.73 bits per heavy atom. The molecular weight excluding hydrogens is 326 g/mol. The highest BCUT2D eigenvalue weighted by atomic mass is 16.5. The van der Waals surface area contributed by atoms with E-state index in [1.165, 1.54) is 5.56 Å². The first-order chi connectivity index (χ1) is 12.7. The van der Waals surface area contributed by atoms with Crippen molar-refractivity contribution < 1.29 is 4.74 Å². The minimum absolute atomic E-state index is 0.495. The summed E-state index contributed by atoms with van der Waals surface area (Å²) in [6.07, 6.45) is 2.42. The molecule has 134 valence electrons. The molecule has 0 amide bonds. The number of hydrogen-bond donors (Lipinski definition) is 2. The Labute approximate surface area is 153 Å². The normalized spacial score (nSPS) is 10.4. The lowest BCUT2D eigenvalue weighted by atomic mass is 10.1. The highest BCUT2D eigenvalue weighted by Gasteiger charge is 2.05. The molecule has 1 aromatic heterocycles. The maximum atomic E-state index is 5.37. The van der Waals surface area contributed by atoms with Crippen LogP contribution in [-0.2, 0) is 6.42 Å². The first-order valence-electron chi connectivity index (χ1n) is 8.55. The first-order valence-corrected chi connectivity index (χ1v) is 8.55. The van der Waals surface area contributed by atoms with Gasteiger partial charge in [0.05, 0.1) is 13.3 Å². The van der Waals surface area contributed by atoms with Crippen LogP contribution in [0.1, 0.15) is 16.7 Å². The average molecular weight is 349 g/mol. The van der Waals surface area contributed by atoms with Crippen LogP contribution in [0.2, 0.25) is 0 Å². The number of aromatic nitrogens is 3. The maximum absolute atomic E-state index is 5.37. The van der Waals surface area contributed by atoms with Crippen molar-refractivity contribution in [3.8, 4) is 5.75 Å². The molecule has 0 spiro atoms. The van der Waals surface area contributed by atoms with Gasteiger partial charge in [-0.3, -0.25) is 0 Å². The van der Waals surface area contributed by atoms with Gasteiger partial charge < -0.3 is 15.4 Å². The van der Waals surface area contributed by atoms with E-state index in [9.17, 15) is 0 Å². The van der Waals surface area contributed by atoms with Crippen molar-refractivity contribution in [3.05, 3.63) is 65.4 Å². The molecule has 0 atom stereocenters. The van der Waals surface area contributed by atoms with Crippen LogP contribution in [-0.4, -0.2) is 28.8 Å². The van der Waals surface area contributed by atoms with Gasteiger partial charge in [0.1, 0.15) is 5.75 Å². The fraction of sp³-hybridized carbons (Fsp3) is 0.250. The van der Waals surface area contributed by atoms with Gasteiger partial charge in [-0.05, 0) is 43.5 Å². The van der Waals surface area contributed by atoms with Crippen molar-refractivity contribution in [2.24, 2.45) is 0 Å². The number of benzene rings is 2. The lowest BCUT2D eigenvalue weighted by Crippen LogP contribution is -2.10. The summed E-state index contributed by atoms with van der Waals surface area (Å²) in [5, 5.41) is 14.6. The molecule has 0 aliphatic carbocycles. The standard InChI is InChI=1S/C20H23N5O/c1-14-8-9-17(15(2)12-14)23-19-13-22-25-20(24-19)21-11-10-16-6-4-5-7-18(16)26-3/h4-9,12-13H,10-11H2,1-3H3,(H2,21,23,24,25). The van der Waals surface area contributed by atoms with Gasteiger partial charge in [-0.15, -0.1) is 5.10 Å². The van der Waals surface area contributed by atoms with E-state index >= 15 is 0 Å². The third-order valence-corrected chi connectivity index (χ3v) is 4.07. The minimum atomic E-state index is 0.495. The summed E-state index contributed by atoms with van der Waals surface area (Å²) in [4.78, 5) is 4.48. The number of anilines is 3. The molecule has 0 radical (unpaired) electrons. The van der Waals surface area contributed by atoms with E-state index in [1.54, 1.807) is 13.3 Å². The molecular formula is C20H23N5O. The van der Waals surface area contributed by atoms with Gasteiger partial charge in [0.15, 0.2) is 5.82 Å². The number of hydrogen-bond acceptors (Lipinski definition) is 6. The minimum Gasteiger partial charge on any atom is -0.496 e. The third-order valence-electron chi connectivity index (χ3n) is 4.07. The number of aryl methyl sites for hydroxylation is 2. The summed E-state index contributed by atoms with van der Waals surface area (Å²) in [7, 11) is 1.68. The van der Waals surface area contributed by atoms with E-state index in [-0.39, 0.29) is 0 Å². The van der Waals surface area contributed by atoms with Gasteiger partial charge in [0.25, 0.3) is 0 Å². The zero-order valence-corrected chi connectivity index (χ0v) is 15.3. The van der Waals surface area contributed by atoms with Crippen LogP contribution >= 0.6 is 0 Å². The molecule has 2 N–H and O–H groups in total. The Morgan fingerprint density at radius 1 is 1.08 bits per heavy atom. The Hall–Kier alpha value is -3.15. The smallest absolute Gasteiger partial charge is 0.244 e. The second-order valence-electron chi connectivity index (χ2n) is 6.10. The molecule has 0 aliphatic heterocycles. The van der Waals surface area contributed by atoms with Crippen molar-refractivity contribution in [3.63, 3.8) is 0 Å². The predicted molar refractivity (Wildman–Crippen MR) is 104 cm³/mol. The Balaban J connectivity index is 1.62. The number of ether oxygens (including phenoxy) is 1. The summed E-state index contributed by atoms with van der Waals surface area (Å²) >= 11 is 0. The largest absolute Gasteiger partial charge is 0.496 e. The monoisotopic (exact) mass is 349 g/mol. The summed E-state index contributed by atoms with van der Waals surface area (Å²) in [5.41, 5.74) is 4.54. The van der Waals surface area contributed by atoms with Gasteiger partial charge in [-0.25, -0.2) is 0 Å². The fourth-order valence-electron chi connectivity index (χ4n) is 2.75. The number of nitrogens with zero attached hydrogens (tertiary/aromatic N) is 3. The lowest BCUT2D eigenvalue weighted by Gasteiger charge is -2.11. The van der Waals surface area contributed by atoms with Gasteiger partial charge in [-0.1, -0.05) is 35.9 Å². The zero-order chi connectivity index (χ0) is 18.4. The topological polar surface area (TPSA) is 72.0 Å². The van der Waals surface area contributed by atoms with Gasteiger partial charge in [0.2, 0.25) is 5.95 Å².